The molecule has 0 bridgehead atoms. The van der Waals surface area contributed by atoms with Crippen molar-refractivity contribution in [3.63, 3.8) is 0 Å². The number of piperazine rings is 1. The summed E-state index contributed by atoms with van der Waals surface area (Å²) < 4.78 is 0. The third-order valence-electron chi connectivity index (χ3n) is 3.96. The molecule has 0 aliphatic carbocycles. The van der Waals surface area contributed by atoms with Crippen LogP contribution in [0.15, 0.2) is 30.3 Å². The topological polar surface area (TPSA) is 15.3 Å². The van der Waals surface area contributed by atoms with E-state index in [1.165, 1.54) is 12.0 Å². The van der Waals surface area contributed by atoms with Crippen LogP contribution in [0.25, 0.3) is 0 Å². The predicted octanol–water partition coefficient (Wildman–Crippen LogP) is 2.22. The summed E-state index contributed by atoms with van der Waals surface area (Å²) in [5.41, 5.74) is 1.53. The van der Waals surface area contributed by atoms with Gasteiger partial charge in [0, 0.05) is 19.1 Å². The summed E-state index contributed by atoms with van der Waals surface area (Å²) in [5.74, 6) is 0. The summed E-state index contributed by atoms with van der Waals surface area (Å²) in [7, 11) is 2.23. The molecule has 16 heavy (non-hydrogen) atoms. The largest absolute Gasteiger partial charge is 0.311 e. The summed E-state index contributed by atoms with van der Waals surface area (Å²) in [6, 6.07) is 11.4. The second-order valence-corrected chi connectivity index (χ2v) is 5.01. The number of nitrogens with zero attached hydrogens (tertiary/aromatic N) is 1. The van der Waals surface area contributed by atoms with Gasteiger partial charge in [0.05, 0.1) is 5.54 Å². The first-order valence-corrected chi connectivity index (χ1v) is 6.17. The molecule has 0 aromatic heterocycles. The fourth-order valence-corrected chi connectivity index (χ4v) is 2.47. The van der Waals surface area contributed by atoms with E-state index in [4.69, 9.17) is 0 Å². The minimum Gasteiger partial charge on any atom is -0.311 e. The predicted molar refractivity (Wildman–Crippen MR) is 68.5 cm³/mol. The molecule has 1 aliphatic heterocycles. The summed E-state index contributed by atoms with van der Waals surface area (Å²) >= 11 is 0. The molecule has 1 N–H and O–H groups in total. The highest BCUT2D eigenvalue weighted by Crippen LogP contribution is 2.29. The van der Waals surface area contributed by atoms with Crippen molar-refractivity contribution in [1.82, 2.24) is 10.2 Å². The standard InChI is InChI=1S/C14H22N2/c1-4-13-10-16(3)14(2,11-15-13)12-8-6-5-7-9-12/h5-9,13,15H,4,10-11H2,1-3H3. The SMILES string of the molecule is CCC1CN(C)C(C)(c2ccccc2)CN1. The zero-order valence-corrected chi connectivity index (χ0v) is 10.5. The van der Waals surface area contributed by atoms with Crippen LogP contribution in [-0.2, 0) is 5.54 Å². The number of nitrogens with one attached hydrogen (secondary N) is 1. The van der Waals surface area contributed by atoms with Crippen LogP contribution < -0.4 is 5.32 Å². The van der Waals surface area contributed by atoms with Crippen molar-refractivity contribution >= 4 is 0 Å². The van der Waals surface area contributed by atoms with Crippen LogP contribution in [0.5, 0.6) is 0 Å². The molecular weight excluding hydrogens is 196 g/mol. The Morgan fingerprint density at radius 3 is 2.62 bits per heavy atom. The van der Waals surface area contributed by atoms with Gasteiger partial charge in [0.2, 0.25) is 0 Å². The highest BCUT2D eigenvalue weighted by atomic mass is 15.2. The maximum atomic E-state index is 3.65. The molecule has 1 heterocycles. The quantitative estimate of drug-likeness (QED) is 0.819. The van der Waals surface area contributed by atoms with Crippen LogP contribution >= 0.6 is 0 Å². The van der Waals surface area contributed by atoms with Gasteiger partial charge in [0.25, 0.3) is 0 Å². The third-order valence-corrected chi connectivity index (χ3v) is 3.96. The first-order chi connectivity index (χ1) is 7.66. The smallest absolute Gasteiger partial charge is 0.0555 e. The number of rotatable bonds is 2. The monoisotopic (exact) mass is 218 g/mol. The Hall–Kier alpha value is -0.860. The number of likely N-dealkylation sites (N-methyl/N-ethyl adjacent to an activating group) is 1. The van der Waals surface area contributed by atoms with Gasteiger partial charge in [0.15, 0.2) is 0 Å². The minimum absolute atomic E-state index is 0.132. The lowest BCUT2D eigenvalue weighted by Crippen LogP contribution is -2.59. The van der Waals surface area contributed by atoms with Crippen molar-refractivity contribution in [2.75, 3.05) is 20.1 Å². The molecule has 1 fully saturated rings. The molecule has 1 aromatic rings. The number of hydrogen-bond acceptors (Lipinski definition) is 2. The van der Waals surface area contributed by atoms with Crippen LogP contribution in [-0.4, -0.2) is 31.1 Å². The second-order valence-electron chi connectivity index (χ2n) is 5.01. The van der Waals surface area contributed by atoms with Gasteiger partial charge in [-0.1, -0.05) is 37.3 Å². The molecule has 1 saturated heterocycles. The summed E-state index contributed by atoms with van der Waals surface area (Å²) in [6.45, 7) is 6.73. The van der Waals surface area contributed by atoms with Gasteiger partial charge in [-0.2, -0.15) is 0 Å². The maximum Gasteiger partial charge on any atom is 0.0555 e. The van der Waals surface area contributed by atoms with Crippen LogP contribution in [0.3, 0.4) is 0 Å². The molecule has 0 radical (unpaired) electrons. The van der Waals surface area contributed by atoms with E-state index >= 15 is 0 Å². The zero-order valence-electron chi connectivity index (χ0n) is 10.5. The Kier molecular flexibility index (Phi) is 3.31. The molecule has 0 amide bonds. The molecule has 0 spiro atoms. The van der Waals surface area contributed by atoms with Crippen molar-refractivity contribution < 1.29 is 0 Å². The van der Waals surface area contributed by atoms with Gasteiger partial charge in [-0.05, 0) is 26.0 Å². The molecule has 2 rings (SSSR count). The number of benzene rings is 1. The third kappa shape index (κ3) is 2.00. The lowest BCUT2D eigenvalue weighted by molar-refractivity contribution is 0.0762. The van der Waals surface area contributed by atoms with Crippen molar-refractivity contribution in [2.24, 2.45) is 0 Å². The van der Waals surface area contributed by atoms with E-state index in [-0.39, 0.29) is 5.54 Å². The Morgan fingerprint density at radius 1 is 1.38 bits per heavy atom. The molecule has 2 heteroatoms. The lowest BCUT2D eigenvalue weighted by atomic mass is 9.87. The van der Waals surface area contributed by atoms with Crippen LogP contribution in [0.2, 0.25) is 0 Å². The van der Waals surface area contributed by atoms with Gasteiger partial charge in [-0.25, -0.2) is 0 Å². The van der Waals surface area contributed by atoms with Crippen LogP contribution in [0, 0.1) is 0 Å². The first-order valence-electron chi connectivity index (χ1n) is 6.17. The Labute approximate surface area is 98.7 Å². The van der Waals surface area contributed by atoms with E-state index in [0.717, 1.165) is 13.1 Å². The molecule has 0 saturated carbocycles. The van der Waals surface area contributed by atoms with Crippen LogP contribution in [0.4, 0.5) is 0 Å². The fourth-order valence-electron chi connectivity index (χ4n) is 2.47. The van der Waals surface area contributed by atoms with Gasteiger partial charge in [-0.3, -0.25) is 4.90 Å². The van der Waals surface area contributed by atoms with Crippen molar-refractivity contribution in [2.45, 2.75) is 31.8 Å². The van der Waals surface area contributed by atoms with Gasteiger partial charge in [0.1, 0.15) is 0 Å². The molecule has 2 unspecified atom stereocenters. The molecule has 1 aromatic carbocycles. The fraction of sp³-hybridized carbons (Fsp3) is 0.571. The zero-order chi connectivity index (χ0) is 11.6. The summed E-state index contributed by atoms with van der Waals surface area (Å²) in [4.78, 5) is 2.48. The normalized spacial score (nSPS) is 31.6. The Balaban J connectivity index is 2.20. The van der Waals surface area contributed by atoms with Gasteiger partial charge >= 0.3 is 0 Å². The molecular formula is C14H22N2. The molecule has 2 nitrogen and oxygen atoms in total. The van der Waals surface area contributed by atoms with Gasteiger partial charge in [-0.15, -0.1) is 0 Å². The Bertz CT molecular complexity index is 336. The number of hydrogen-bond donors (Lipinski definition) is 1. The van der Waals surface area contributed by atoms with E-state index < -0.39 is 0 Å². The minimum atomic E-state index is 0.132. The van der Waals surface area contributed by atoms with E-state index in [1.807, 2.05) is 0 Å². The van der Waals surface area contributed by atoms with E-state index in [2.05, 4.69) is 61.4 Å². The summed E-state index contributed by atoms with van der Waals surface area (Å²) in [6.07, 6.45) is 1.20. The maximum absolute atomic E-state index is 3.65. The molecule has 88 valence electrons. The van der Waals surface area contributed by atoms with Crippen molar-refractivity contribution in [1.29, 1.82) is 0 Å². The highest BCUT2D eigenvalue weighted by Gasteiger charge is 2.36. The van der Waals surface area contributed by atoms with Crippen molar-refractivity contribution in [3.8, 4) is 0 Å². The average Bonchev–Trinajstić information content (AvgIpc) is 2.34. The first kappa shape index (κ1) is 11.6. The van der Waals surface area contributed by atoms with E-state index in [1.54, 1.807) is 0 Å². The van der Waals surface area contributed by atoms with Crippen molar-refractivity contribution in [3.05, 3.63) is 35.9 Å². The van der Waals surface area contributed by atoms with Crippen LogP contribution in [0.1, 0.15) is 25.8 Å². The molecule has 2 atom stereocenters. The van der Waals surface area contributed by atoms with E-state index in [9.17, 15) is 0 Å². The summed E-state index contributed by atoms with van der Waals surface area (Å²) in [5, 5.41) is 3.65. The second kappa shape index (κ2) is 4.56. The van der Waals surface area contributed by atoms with Gasteiger partial charge < -0.3 is 5.32 Å². The molecule has 1 aliphatic rings. The Morgan fingerprint density at radius 2 is 2.06 bits per heavy atom. The lowest BCUT2D eigenvalue weighted by Gasteiger charge is -2.46. The van der Waals surface area contributed by atoms with E-state index in [0.29, 0.717) is 6.04 Å². The average molecular weight is 218 g/mol. The highest BCUT2D eigenvalue weighted by molar-refractivity contribution is 5.25.